The van der Waals surface area contributed by atoms with Gasteiger partial charge in [0.05, 0.1) is 18.8 Å². The Balaban J connectivity index is 1.54. The summed E-state index contributed by atoms with van der Waals surface area (Å²) in [5.74, 6) is 0.0517. The summed E-state index contributed by atoms with van der Waals surface area (Å²) in [4.78, 5) is 20.3. The van der Waals surface area contributed by atoms with Crippen LogP contribution in [0.3, 0.4) is 0 Å². The minimum absolute atomic E-state index is 0.0517. The van der Waals surface area contributed by atoms with E-state index in [2.05, 4.69) is 53.7 Å². The molecule has 3 rings (SSSR count). The summed E-state index contributed by atoms with van der Waals surface area (Å²) < 4.78 is 0. The van der Waals surface area contributed by atoms with Gasteiger partial charge in [0.25, 0.3) is 0 Å². The maximum Gasteiger partial charge on any atom is 0.234 e. The monoisotopic (exact) mass is 399 g/mol. The van der Waals surface area contributed by atoms with Gasteiger partial charge in [0.15, 0.2) is 0 Å². The van der Waals surface area contributed by atoms with Gasteiger partial charge >= 0.3 is 0 Å². The van der Waals surface area contributed by atoms with Crippen LogP contribution < -0.4 is 5.32 Å². The molecule has 0 aliphatic rings. The van der Waals surface area contributed by atoms with Gasteiger partial charge in [-0.2, -0.15) is 0 Å². The van der Waals surface area contributed by atoms with Crippen LogP contribution in [0.1, 0.15) is 30.0 Å². The van der Waals surface area contributed by atoms with E-state index in [0.29, 0.717) is 19.6 Å². The van der Waals surface area contributed by atoms with Gasteiger partial charge in [-0.3, -0.25) is 9.69 Å². The van der Waals surface area contributed by atoms with E-state index in [1.54, 1.807) is 22.7 Å². The van der Waals surface area contributed by atoms with Gasteiger partial charge in [-0.05, 0) is 30.0 Å². The molecule has 0 fully saturated rings. The van der Waals surface area contributed by atoms with E-state index in [9.17, 15) is 4.79 Å². The van der Waals surface area contributed by atoms with Crippen molar-refractivity contribution in [2.75, 3.05) is 13.1 Å². The third-order valence-corrected chi connectivity index (χ3v) is 6.22. The third-order valence-electron chi connectivity index (χ3n) is 4.40. The second-order valence-corrected chi connectivity index (χ2v) is 8.24. The van der Waals surface area contributed by atoms with Crippen molar-refractivity contribution in [1.29, 1.82) is 0 Å². The standard InChI is InChI=1S/C21H25N3OS2/c1-3-16-7-9-17(10-8-16)21-23-18(15-27-21)13-24(4-2)14-20(25)22-12-19-6-5-11-26-19/h5-11,15H,3-4,12-14H2,1-2H3,(H,22,25). The number of aryl methyl sites for hydroxylation is 1. The molecule has 1 amide bonds. The average molecular weight is 400 g/mol. The lowest BCUT2D eigenvalue weighted by Gasteiger charge is -2.18. The normalized spacial score (nSPS) is 11.1. The predicted molar refractivity (Wildman–Crippen MR) is 114 cm³/mol. The average Bonchev–Trinajstić information content (AvgIpc) is 3.38. The number of nitrogens with zero attached hydrogens (tertiary/aromatic N) is 2. The molecule has 0 aliphatic carbocycles. The molecule has 0 radical (unpaired) electrons. The highest BCUT2D eigenvalue weighted by Crippen LogP contribution is 2.24. The highest BCUT2D eigenvalue weighted by atomic mass is 32.1. The first-order valence-electron chi connectivity index (χ1n) is 9.23. The molecule has 2 aromatic heterocycles. The van der Waals surface area contributed by atoms with Crippen molar-refractivity contribution in [2.45, 2.75) is 33.4 Å². The summed E-state index contributed by atoms with van der Waals surface area (Å²) in [5, 5.41) is 8.14. The summed E-state index contributed by atoms with van der Waals surface area (Å²) in [6, 6.07) is 12.6. The molecule has 0 spiro atoms. The van der Waals surface area contributed by atoms with Crippen molar-refractivity contribution in [1.82, 2.24) is 15.2 Å². The Bertz CT molecular complexity index is 841. The van der Waals surface area contributed by atoms with Gasteiger partial charge in [-0.1, -0.05) is 44.2 Å². The van der Waals surface area contributed by atoms with Crippen molar-refractivity contribution >= 4 is 28.6 Å². The molecule has 1 aromatic carbocycles. The molecule has 1 N–H and O–H groups in total. The molecular weight excluding hydrogens is 374 g/mol. The van der Waals surface area contributed by atoms with Crippen LogP contribution in [0.5, 0.6) is 0 Å². The molecule has 0 saturated heterocycles. The Labute approximate surface area is 168 Å². The molecule has 3 aromatic rings. The number of benzene rings is 1. The SMILES string of the molecule is CCc1ccc(-c2nc(CN(CC)CC(=O)NCc3cccs3)cs2)cc1. The zero-order valence-corrected chi connectivity index (χ0v) is 17.4. The number of likely N-dealkylation sites (N-methyl/N-ethyl adjacent to an activating group) is 1. The molecule has 0 aliphatic heterocycles. The van der Waals surface area contributed by atoms with E-state index in [-0.39, 0.29) is 5.91 Å². The fourth-order valence-electron chi connectivity index (χ4n) is 2.76. The van der Waals surface area contributed by atoms with Crippen LogP contribution >= 0.6 is 22.7 Å². The topological polar surface area (TPSA) is 45.2 Å². The fourth-order valence-corrected chi connectivity index (χ4v) is 4.22. The number of rotatable bonds is 9. The Kier molecular flexibility index (Phi) is 7.15. The zero-order chi connectivity index (χ0) is 19.1. The largest absolute Gasteiger partial charge is 0.350 e. The molecule has 4 nitrogen and oxygen atoms in total. The van der Waals surface area contributed by atoms with Gasteiger partial charge < -0.3 is 5.32 Å². The summed E-state index contributed by atoms with van der Waals surface area (Å²) in [6.07, 6.45) is 1.05. The van der Waals surface area contributed by atoms with Gasteiger partial charge in [0.2, 0.25) is 5.91 Å². The number of hydrogen-bond acceptors (Lipinski definition) is 5. The molecule has 0 bridgehead atoms. The lowest BCUT2D eigenvalue weighted by molar-refractivity contribution is -0.122. The number of nitrogens with one attached hydrogen (secondary N) is 1. The number of hydrogen-bond donors (Lipinski definition) is 1. The van der Waals surface area contributed by atoms with Crippen molar-refractivity contribution in [3.05, 3.63) is 63.3 Å². The van der Waals surface area contributed by atoms with Gasteiger partial charge in [0, 0.05) is 22.4 Å². The summed E-state index contributed by atoms with van der Waals surface area (Å²) in [5.41, 5.74) is 3.50. The summed E-state index contributed by atoms with van der Waals surface area (Å²) >= 11 is 3.32. The van der Waals surface area contributed by atoms with Crippen LogP contribution in [-0.4, -0.2) is 28.9 Å². The smallest absolute Gasteiger partial charge is 0.234 e. The van der Waals surface area contributed by atoms with Crippen LogP contribution in [0.4, 0.5) is 0 Å². The van der Waals surface area contributed by atoms with Crippen LogP contribution in [-0.2, 0) is 24.3 Å². The molecule has 27 heavy (non-hydrogen) atoms. The second kappa shape index (κ2) is 9.78. The van der Waals surface area contributed by atoms with Gasteiger partial charge in [-0.25, -0.2) is 4.98 Å². The highest BCUT2D eigenvalue weighted by Gasteiger charge is 2.12. The van der Waals surface area contributed by atoms with Gasteiger partial charge in [-0.15, -0.1) is 22.7 Å². The number of thiazole rings is 1. The van der Waals surface area contributed by atoms with E-state index in [1.807, 2.05) is 17.5 Å². The molecule has 2 heterocycles. The van der Waals surface area contributed by atoms with Crippen LogP contribution in [0, 0.1) is 0 Å². The van der Waals surface area contributed by atoms with Gasteiger partial charge in [0.1, 0.15) is 5.01 Å². The first kappa shape index (κ1) is 19.7. The summed E-state index contributed by atoms with van der Waals surface area (Å²) in [7, 11) is 0. The minimum Gasteiger partial charge on any atom is -0.350 e. The molecule has 142 valence electrons. The van der Waals surface area contributed by atoms with E-state index < -0.39 is 0 Å². The molecule has 6 heteroatoms. The minimum atomic E-state index is 0.0517. The highest BCUT2D eigenvalue weighted by molar-refractivity contribution is 7.13. The van der Waals surface area contributed by atoms with E-state index >= 15 is 0 Å². The maximum absolute atomic E-state index is 12.2. The summed E-state index contributed by atoms with van der Waals surface area (Å²) in [6.45, 7) is 6.72. The Morgan fingerprint density at radius 2 is 1.96 bits per heavy atom. The third kappa shape index (κ3) is 5.73. The Morgan fingerprint density at radius 1 is 1.15 bits per heavy atom. The molecule has 0 saturated carbocycles. The van der Waals surface area contributed by atoms with Crippen molar-refractivity contribution in [3.63, 3.8) is 0 Å². The fraction of sp³-hybridized carbons (Fsp3) is 0.333. The van der Waals surface area contributed by atoms with Crippen LogP contribution in [0.25, 0.3) is 10.6 Å². The molecule has 0 unspecified atom stereocenters. The lowest BCUT2D eigenvalue weighted by Crippen LogP contribution is -2.36. The van der Waals surface area contributed by atoms with E-state index in [0.717, 1.165) is 29.2 Å². The first-order chi connectivity index (χ1) is 13.2. The zero-order valence-electron chi connectivity index (χ0n) is 15.8. The number of amides is 1. The lowest BCUT2D eigenvalue weighted by atomic mass is 10.1. The van der Waals surface area contributed by atoms with E-state index in [1.165, 1.54) is 10.4 Å². The number of aromatic nitrogens is 1. The van der Waals surface area contributed by atoms with Crippen LogP contribution in [0.2, 0.25) is 0 Å². The van der Waals surface area contributed by atoms with Crippen molar-refractivity contribution in [2.24, 2.45) is 0 Å². The van der Waals surface area contributed by atoms with Crippen molar-refractivity contribution in [3.8, 4) is 10.6 Å². The number of thiophene rings is 1. The quantitative estimate of drug-likeness (QED) is 0.573. The first-order valence-corrected chi connectivity index (χ1v) is 11.0. The van der Waals surface area contributed by atoms with Crippen molar-refractivity contribution < 1.29 is 4.79 Å². The second-order valence-electron chi connectivity index (χ2n) is 6.35. The van der Waals surface area contributed by atoms with E-state index in [4.69, 9.17) is 4.98 Å². The number of carbonyl (C=O) groups excluding carboxylic acids is 1. The maximum atomic E-state index is 12.2. The predicted octanol–water partition coefficient (Wildman–Crippen LogP) is 4.57. The Morgan fingerprint density at radius 3 is 2.63 bits per heavy atom. The Hall–Kier alpha value is -2.02. The number of carbonyl (C=O) groups is 1. The molecular formula is C21H25N3OS2. The van der Waals surface area contributed by atoms with Crippen LogP contribution in [0.15, 0.2) is 47.2 Å². The molecule has 0 atom stereocenters.